The fourth-order valence-electron chi connectivity index (χ4n) is 3.69. The van der Waals surface area contributed by atoms with Gasteiger partial charge < -0.3 is 5.11 Å². The number of hydrogen-bond donors (Lipinski definition) is 1. The lowest BCUT2D eigenvalue weighted by molar-refractivity contribution is -0.140. The highest BCUT2D eigenvalue weighted by molar-refractivity contribution is 6.06. The molecule has 3 aliphatic rings. The first-order chi connectivity index (χ1) is 10.1. The molecule has 1 aliphatic heterocycles. The number of hydrogen-bond acceptors (Lipinski definition) is 4. The van der Waals surface area contributed by atoms with E-state index in [9.17, 15) is 14.7 Å². The zero-order chi connectivity index (χ0) is 14.6. The molecule has 0 aromatic heterocycles. The highest BCUT2D eigenvalue weighted by Crippen LogP contribution is 2.52. The van der Waals surface area contributed by atoms with E-state index < -0.39 is 0 Å². The van der Waals surface area contributed by atoms with E-state index in [0.717, 1.165) is 17.0 Å². The number of aromatic hydroxyl groups is 1. The molecule has 21 heavy (non-hydrogen) atoms. The Balaban J connectivity index is 1.58. The summed E-state index contributed by atoms with van der Waals surface area (Å²) in [5.74, 6) is -0.240. The van der Waals surface area contributed by atoms with Gasteiger partial charge in [-0.2, -0.15) is 10.1 Å². The summed E-state index contributed by atoms with van der Waals surface area (Å²) in [6.45, 7) is 0. The summed E-state index contributed by atoms with van der Waals surface area (Å²) >= 11 is 0. The van der Waals surface area contributed by atoms with Gasteiger partial charge in [0, 0.05) is 0 Å². The first kappa shape index (κ1) is 12.3. The SMILES string of the molecule is O=C1C2C3C=CC(C3)C2C(=O)N1N=Cc1ccc(O)cc1. The molecule has 106 valence electrons. The van der Waals surface area contributed by atoms with Crippen molar-refractivity contribution in [2.75, 3.05) is 0 Å². The smallest absolute Gasteiger partial charge is 0.254 e. The standard InChI is InChI=1S/C16H14N2O3/c19-12-5-1-9(2-6-12)8-17-18-15(20)13-10-3-4-11(7-10)14(13)16(18)21/h1-6,8,10-11,13-14,19H,7H2. The number of allylic oxidation sites excluding steroid dienone is 2. The lowest BCUT2D eigenvalue weighted by Gasteiger charge is -2.13. The molecule has 1 aromatic rings. The summed E-state index contributed by atoms with van der Waals surface area (Å²) < 4.78 is 0. The Morgan fingerprint density at radius 2 is 1.62 bits per heavy atom. The Labute approximate surface area is 121 Å². The number of carbonyl (C=O) groups excluding carboxylic acids is 2. The molecule has 4 unspecified atom stereocenters. The average Bonchev–Trinajstić information content (AvgIpc) is 3.14. The van der Waals surface area contributed by atoms with Crippen molar-refractivity contribution in [2.45, 2.75) is 6.42 Å². The minimum Gasteiger partial charge on any atom is -0.508 e. The minimum atomic E-state index is -0.218. The van der Waals surface area contributed by atoms with Crippen LogP contribution in [-0.2, 0) is 9.59 Å². The molecule has 2 aliphatic carbocycles. The Kier molecular flexibility index (Phi) is 2.51. The van der Waals surface area contributed by atoms with E-state index in [2.05, 4.69) is 17.3 Å². The van der Waals surface area contributed by atoms with Gasteiger partial charge in [0.1, 0.15) is 5.75 Å². The summed E-state index contributed by atoms with van der Waals surface area (Å²) in [4.78, 5) is 24.8. The van der Waals surface area contributed by atoms with Crippen molar-refractivity contribution >= 4 is 18.0 Å². The molecule has 4 atom stereocenters. The number of phenolic OH excluding ortho intramolecular Hbond substituents is 1. The van der Waals surface area contributed by atoms with E-state index in [4.69, 9.17) is 0 Å². The van der Waals surface area contributed by atoms with Crippen molar-refractivity contribution in [1.29, 1.82) is 0 Å². The second-order valence-electron chi connectivity index (χ2n) is 5.82. The van der Waals surface area contributed by atoms with Gasteiger partial charge >= 0.3 is 0 Å². The van der Waals surface area contributed by atoms with Gasteiger partial charge in [0.15, 0.2) is 0 Å². The summed E-state index contributed by atoms with van der Waals surface area (Å²) in [7, 11) is 0. The molecule has 4 rings (SSSR count). The number of carbonyl (C=O) groups is 2. The molecular weight excluding hydrogens is 268 g/mol. The largest absolute Gasteiger partial charge is 0.508 e. The highest BCUT2D eigenvalue weighted by atomic mass is 16.3. The Bertz CT molecular complexity index is 647. The van der Waals surface area contributed by atoms with Crippen LogP contribution in [0.3, 0.4) is 0 Å². The minimum absolute atomic E-state index is 0.164. The lowest BCUT2D eigenvalue weighted by atomic mass is 9.85. The van der Waals surface area contributed by atoms with Crippen molar-refractivity contribution in [3.05, 3.63) is 42.0 Å². The van der Waals surface area contributed by atoms with Gasteiger partial charge in [0.05, 0.1) is 18.1 Å². The van der Waals surface area contributed by atoms with Gasteiger partial charge in [-0.05, 0) is 48.1 Å². The molecule has 1 aromatic carbocycles. The maximum atomic E-state index is 12.4. The Morgan fingerprint density at radius 1 is 1.05 bits per heavy atom. The maximum Gasteiger partial charge on any atom is 0.254 e. The van der Waals surface area contributed by atoms with Crippen LogP contribution in [-0.4, -0.2) is 28.1 Å². The molecule has 0 spiro atoms. The third-order valence-electron chi connectivity index (χ3n) is 4.66. The number of fused-ring (bicyclic) bond motifs is 5. The number of rotatable bonds is 2. The molecule has 1 saturated carbocycles. The van der Waals surface area contributed by atoms with Gasteiger partial charge in [0.2, 0.25) is 0 Å². The first-order valence-electron chi connectivity index (χ1n) is 7.04. The van der Waals surface area contributed by atoms with Crippen LogP contribution in [0.2, 0.25) is 0 Å². The van der Waals surface area contributed by atoms with E-state index in [-0.39, 0.29) is 41.2 Å². The van der Waals surface area contributed by atoms with Crippen molar-refractivity contribution in [2.24, 2.45) is 28.8 Å². The van der Waals surface area contributed by atoms with Crippen LogP contribution < -0.4 is 0 Å². The van der Waals surface area contributed by atoms with Crippen LogP contribution in [0.25, 0.3) is 0 Å². The second-order valence-corrected chi connectivity index (χ2v) is 5.82. The third-order valence-corrected chi connectivity index (χ3v) is 4.66. The van der Waals surface area contributed by atoms with Crippen molar-refractivity contribution in [1.82, 2.24) is 5.01 Å². The number of hydrazone groups is 1. The summed E-state index contributed by atoms with van der Waals surface area (Å²) in [6.07, 6.45) is 6.52. The molecule has 1 heterocycles. The average molecular weight is 282 g/mol. The van der Waals surface area contributed by atoms with Crippen LogP contribution >= 0.6 is 0 Å². The quantitative estimate of drug-likeness (QED) is 0.508. The Morgan fingerprint density at radius 3 is 2.19 bits per heavy atom. The van der Waals surface area contributed by atoms with Crippen LogP contribution in [0.1, 0.15) is 12.0 Å². The maximum absolute atomic E-state index is 12.4. The molecule has 1 saturated heterocycles. The monoisotopic (exact) mass is 282 g/mol. The third kappa shape index (κ3) is 1.73. The first-order valence-corrected chi connectivity index (χ1v) is 7.04. The number of phenols is 1. The van der Waals surface area contributed by atoms with Gasteiger partial charge in [-0.1, -0.05) is 12.2 Å². The molecule has 2 fully saturated rings. The van der Waals surface area contributed by atoms with E-state index in [1.165, 1.54) is 18.3 Å². The molecule has 5 heteroatoms. The predicted octanol–water partition coefficient (Wildman–Crippen LogP) is 1.53. The normalized spacial score (nSPS) is 33.4. The van der Waals surface area contributed by atoms with Crippen LogP contribution in [0, 0.1) is 23.7 Å². The number of benzene rings is 1. The number of imide groups is 1. The number of nitrogens with zero attached hydrogens (tertiary/aromatic N) is 2. The van der Waals surface area contributed by atoms with Crippen molar-refractivity contribution in [3.63, 3.8) is 0 Å². The topological polar surface area (TPSA) is 70.0 Å². The molecule has 1 N–H and O–H groups in total. The lowest BCUT2D eigenvalue weighted by Crippen LogP contribution is -2.28. The zero-order valence-corrected chi connectivity index (χ0v) is 11.2. The van der Waals surface area contributed by atoms with Crippen molar-refractivity contribution in [3.8, 4) is 5.75 Å². The van der Waals surface area contributed by atoms with Crippen LogP contribution in [0.5, 0.6) is 5.75 Å². The summed E-state index contributed by atoms with van der Waals surface area (Å²) in [5.41, 5.74) is 0.728. The molecule has 2 bridgehead atoms. The van der Waals surface area contributed by atoms with Crippen LogP contribution in [0.4, 0.5) is 0 Å². The predicted molar refractivity (Wildman–Crippen MR) is 75.3 cm³/mol. The molecule has 2 amide bonds. The Hall–Kier alpha value is -2.43. The van der Waals surface area contributed by atoms with E-state index >= 15 is 0 Å². The zero-order valence-electron chi connectivity index (χ0n) is 11.2. The fraction of sp³-hybridized carbons (Fsp3) is 0.312. The van der Waals surface area contributed by atoms with Gasteiger partial charge in [-0.3, -0.25) is 9.59 Å². The number of amides is 2. The molecule has 5 nitrogen and oxygen atoms in total. The van der Waals surface area contributed by atoms with E-state index in [1.54, 1.807) is 12.1 Å². The van der Waals surface area contributed by atoms with Crippen molar-refractivity contribution < 1.29 is 14.7 Å². The van der Waals surface area contributed by atoms with Gasteiger partial charge in [-0.25, -0.2) is 0 Å². The summed E-state index contributed by atoms with van der Waals surface area (Å²) in [5, 5.41) is 14.3. The van der Waals surface area contributed by atoms with Gasteiger partial charge in [-0.15, -0.1) is 0 Å². The second kappa shape index (κ2) is 4.28. The van der Waals surface area contributed by atoms with Gasteiger partial charge in [0.25, 0.3) is 11.8 Å². The fourth-order valence-corrected chi connectivity index (χ4v) is 3.69. The molecular formula is C16H14N2O3. The highest BCUT2D eigenvalue weighted by Gasteiger charge is 2.59. The van der Waals surface area contributed by atoms with Crippen LogP contribution in [0.15, 0.2) is 41.5 Å². The molecule has 0 radical (unpaired) electrons. The summed E-state index contributed by atoms with van der Waals surface area (Å²) in [6, 6.07) is 6.42. The van der Waals surface area contributed by atoms with E-state index in [1.807, 2.05) is 0 Å². The van der Waals surface area contributed by atoms with E-state index in [0.29, 0.717) is 0 Å².